The molecule has 0 fully saturated rings. The van der Waals surface area contributed by atoms with Crippen molar-refractivity contribution >= 4 is 5.91 Å². The van der Waals surface area contributed by atoms with Crippen LogP contribution in [0.2, 0.25) is 0 Å². The minimum atomic E-state index is -0.268. The molecule has 1 amide bonds. The first-order chi connectivity index (χ1) is 8.04. The smallest absolute Gasteiger partial charge is 0.237 e. The van der Waals surface area contributed by atoms with Crippen molar-refractivity contribution in [3.8, 4) is 0 Å². The van der Waals surface area contributed by atoms with E-state index in [2.05, 4.69) is 17.2 Å². The Bertz CT molecular complexity index is 385. The van der Waals surface area contributed by atoms with Gasteiger partial charge in [0.15, 0.2) is 0 Å². The molecule has 4 nitrogen and oxygen atoms in total. The molecular formula is C13H20N2O2. The van der Waals surface area contributed by atoms with Crippen LogP contribution in [0, 0.1) is 6.92 Å². The van der Waals surface area contributed by atoms with E-state index in [1.165, 1.54) is 0 Å². The Morgan fingerprint density at radius 2 is 2.24 bits per heavy atom. The summed E-state index contributed by atoms with van der Waals surface area (Å²) in [5.41, 5.74) is 0. The average Bonchev–Trinajstić information content (AvgIpc) is 2.72. The molecule has 94 valence electrons. The molecule has 0 saturated carbocycles. The fourth-order valence-electron chi connectivity index (χ4n) is 1.54. The second-order valence-corrected chi connectivity index (χ2v) is 4.09. The van der Waals surface area contributed by atoms with E-state index in [-0.39, 0.29) is 18.0 Å². The SMILES string of the molecule is C=CCNC(=O)C(C)NC(C)c1ccc(C)o1. The lowest BCUT2D eigenvalue weighted by Gasteiger charge is -2.17. The summed E-state index contributed by atoms with van der Waals surface area (Å²) < 4.78 is 5.50. The minimum absolute atomic E-state index is 0.00758. The fourth-order valence-corrected chi connectivity index (χ4v) is 1.54. The monoisotopic (exact) mass is 236 g/mol. The summed E-state index contributed by atoms with van der Waals surface area (Å²) >= 11 is 0. The van der Waals surface area contributed by atoms with Gasteiger partial charge in [-0.3, -0.25) is 10.1 Å². The molecule has 2 unspecified atom stereocenters. The first kappa shape index (κ1) is 13.5. The van der Waals surface area contributed by atoms with Crippen molar-refractivity contribution in [2.45, 2.75) is 32.9 Å². The Labute approximate surface area is 102 Å². The van der Waals surface area contributed by atoms with Crippen molar-refractivity contribution in [1.82, 2.24) is 10.6 Å². The lowest BCUT2D eigenvalue weighted by molar-refractivity contribution is -0.122. The number of hydrogen-bond donors (Lipinski definition) is 2. The lowest BCUT2D eigenvalue weighted by atomic mass is 10.2. The normalized spacial score (nSPS) is 14.1. The van der Waals surface area contributed by atoms with Crippen LogP contribution < -0.4 is 10.6 Å². The number of nitrogens with one attached hydrogen (secondary N) is 2. The Morgan fingerprint density at radius 3 is 2.76 bits per heavy atom. The molecule has 0 aliphatic heterocycles. The van der Waals surface area contributed by atoms with Crippen LogP contribution in [-0.2, 0) is 4.79 Å². The van der Waals surface area contributed by atoms with Gasteiger partial charge in [0.25, 0.3) is 0 Å². The summed E-state index contributed by atoms with van der Waals surface area (Å²) in [5, 5.41) is 5.92. The van der Waals surface area contributed by atoms with Gasteiger partial charge in [0.2, 0.25) is 5.91 Å². The molecule has 2 N–H and O–H groups in total. The topological polar surface area (TPSA) is 54.3 Å². The molecule has 2 atom stereocenters. The zero-order chi connectivity index (χ0) is 12.8. The highest BCUT2D eigenvalue weighted by Gasteiger charge is 2.17. The van der Waals surface area contributed by atoms with Crippen molar-refractivity contribution in [2.24, 2.45) is 0 Å². The standard InChI is InChI=1S/C13H20N2O2/c1-5-8-14-13(16)11(4)15-10(3)12-7-6-9(2)17-12/h5-7,10-11,15H,1,8H2,2-4H3,(H,14,16). The van der Waals surface area contributed by atoms with Gasteiger partial charge >= 0.3 is 0 Å². The number of hydrogen-bond acceptors (Lipinski definition) is 3. The largest absolute Gasteiger partial charge is 0.465 e. The maximum Gasteiger partial charge on any atom is 0.237 e. The van der Waals surface area contributed by atoms with Crippen LogP contribution in [-0.4, -0.2) is 18.5 Å². The quantitative estimate of drug-likeness (QED) is 0.742. The summed E-state index contributed by atoms with van der Waals surface area (Å²) in [5.74, 6) is 1.67. The van der Waals surface area contributed by atoms with Gasteiger partial charge in [-0.2, -0.15) is 0 Å². The zero-order valence-corrected chi connectivity index (χ0v) is 10.6. The Kier molecular flexibility index (Phi) is 4.97. The van der Waals surface area contributed by atoms with Crippen molar-refractivity contribution in [1.29, 1.82) is 0 Å². The molecule has 0 radical (unpaired) electrons. The maximum atomic E-state index is 11.6. The molecule has 1 heterocycles. The van der Waals surface area contributed by atoms with Gasteiger partial charge in [-0.15, -0.1) is 6.58 Å². The highest BCUT2D eigenvalue weighted by Crippen LogP contribution is 2.15. The molecular weight excluding hydrogens is 216 g/mol. The second-order valence-electron chi connectivity index (χ2n) is 4.09. The average molecular weight is 236 g/mol. The van der Waals surface area contributed by atoms with Gasteiger partial charge < -0.3 is 9.73 Å². The molecule has 1 aromatic rings. The van der Waals surface area contributed by atoms with Crippen LogP contribution >= 0.6 is 0 Å². The summed E-state index contributed by atoms with van der Waals surface area (Å²) in [6, 6.07) is 3.57. The molecule has 0 spiro atoms. The lowest BCUT2D eigenvalue weighted by Crippen LogP contribution is -2.43. The predicted octanol–water partition coefficient (Wildman–Crippen LogP) is 1.93. The van der Waals surface area contributed by atoms with Crippen LogP contribution in [0.3, 0.4) is 0 Å². The van der Waals surface area contributed by atoms with Crippen LogP contribution in [0.1, 0.15) is 31.4 Å². The van der Waals surface area contributed by atoms with E-state index in [9.17, 15) is 4.79 Å². The Morgan fingerprint density at radius 1 is 1.53 bits per heavy atom. The zero-order valence-electron chi connectivity index (χ0n) is 10.6. The summed E-state index contributed by atoms with van der Waals surface area (Å²) in [6.45, 7) is 9.73. The Hall–Kier alpha value is -1.55. The third-order valence-electron chi connectivity index (χ3n) is 2.50. The number of carbonyl (C=O) groups excluding carboxylic acids is 1. The van der Waals surface area contributed by atoms with E-state index in [1.54, 1.807) is 6.08 Å². The van der Waals surface area contributed by atoms with E-state index in [0.717, 1.165) is 11.5 Å². The van der Waals surface area contributed by atoms with Crippen molar-refractivity contribution in [2.75, 3.05) is 6.54 Å². The summed E-state index contributed by atoms with van der Waals surface area (Å²) in [7, 11) is 0. The number of amides is 1. The molecule has 0 aromatic carbocycles. The van der Waals surface area contributed by atoms with E-state index in [4.69, 9.17) is 4.42 Å². The van der Waals surface area contributed by atoms with Gasteiger partial charge in [-0.1, -0.05) is 6.08 Å². The maximum absolute atomic E-state index is 11.6. The van der Waals surface area contributed by atoms with Crippen LogP contribution in [0.4, 0.5) is 0 Å². The Balaban J connectivity index is 2.47. The molecule has 1 rings (SSSR count). The van der Waals surface area contributed by atoms with Gasteiger partial charge in [-0.25, -0.2) is 0 Å². The summed E-state index contributed by atoms with van der Waals surface area (Å²) in [6.07, 6.45) is 1.66. The second kappa shape index (κ2) is 6.25. The molecule has 4 heteroatoms. The van der Waals surface area contributed by atoms with Crippen LogP contribution in [0.15, 0.2) is 29.2 Å². The fraction of sp³-hybridized carbons (Fsp3) is 0.462. The highest BCUT2D eigenvalue weighted by molar-refractivity contribution is 5.81. The predicted molar refractivity (Wildman–Crippen MR) is 67.7 cm³/mol. The first-order valence-corrected chi connectivity index (χ1v) is 5.75. The van der Waals surface area contributed by atoms with E-state index >= 15 is 0 Å². The van der Waals surface area contributed by atoms with E-state index < -0.39 is 0 Å². The molecule has 0 aliphatic rings. The van der Waals surface area contributed by atoms with Gasteiger partial charge in [0, 0.05) is 6.54 Å². The third-order valence-corrected chi connectivity index (χ3v) is 2.50. The van der Waals surface area contributed by atoms with Crippen molar-refractivity contribution in [3.63, 3.8) is 0 Å². The number of aryl methyl sites for hydroxylation is 1. The number of furan rings is 1. The van der Waals surface area contributed by atoms with E-state index in [0.29, 0.717) is 6.54 Å². The summed E-state index contributed by atoms with van der Waals surface area (Å²) in [4.78, 5) is 11.6. The first-order valence-electron chi connectivity index (χ1n) is 5.75. The van der Waals surface area contributed by atoms with Crippen molar-refractivity contribution < 1.29 is 9.21 Å². The number of carbonyl (C=O) groups is 1. The third kappa shape index (κ3) is 4.07. The molecule has 0 saturated heterocycles. The van der Waals surface area contributed by atoms with Crippen LogP contribution in [0.25, 0.3) is 0 Å². The van der Waals surface area contributed by atoms with Crippen LogP contribution in [0.5, 0.6) is 0 Å². The molecule has 0 bridgehead atoms. The molecule has 17 heavy (non-hydrogen) atoms. The van der Waals surface area contributed by atoms with E-state index in [1.807, 2.05) is 32.9 Å². The molecule has 0 aliphatic carbocycles. The highest BCUT2D eigenvalue weighted by atomic mass is 16.3. The molecule has 1 aromatic heterocycles. The number of rotatable bonds is 6. The minimum Gasteiger partial charge on any atom is -0.465 e. The van der Waals surface area contributed by atoms with Gasteiger partial charge in [0.1, 0.15) is 11.5 Å². The van der Waals surface area contributed by atoms with Crippen molar-refractivity contribution in [3.05, 3.63) is 36.3 Å². The van der Waals surface area contributed by atoms with Gasteiger partial charge in [-0.05, 0) is 32.9 Å². The van der Waals surface area contributed by atoms with Gasteiger partial charge in [0.05, 0.1) is 12.1 Å².